The van der Waals surface area contributed by atoms with Crippen LogP contribution in [0.1, 0.15) is 23.7 Å². The van der Waals surface area contributed by atoms with Crippen molar-refractivity contribution in [1.29, 1.82) is 5.26 Å². The molecule has 4 nitrogen and oxygen atoms in total. The van der Waals surface area contributed by atoms with Crippen molar-refractivity contribution >= 4 is 5.78 Å². The Bertz CT molecular complexity index is 438. The largest absolute Gasteiger partial charge is 0.497 e. The van der Waals surface area contributed by atoms with Crippen LogP contribution >= 0.6 is 0 Å². The van der Waals surface area contributed by atoms with E-state index in [2.05, 4.69) is 6.07 Å². The van der Waals surface area contributed by atoms with Gasteiger partial charge in [-0.3, -0.25) is 9.69 Å². The number of likely N-dealkylation sites (N-methyl/N-ethyl adjacent to an activating group) is 1. The molecule has 18 heavy (non-hydrogen) atoms. The predicted molar refractivity (Wildman–Crippen MR) is 69.7 cm³/mol. The summed E-state index contributed by atoms with van der Waals surface area (Å²) in [5.74, 6) is 0.731. The van der Waals surface area contributed by atoms with Crippen LogP contribution in [-0.4, -0.2) is 37.4 Å². The lowest BCUT2D eigenvalue weighted by Crippen LogP contribution is -2.30. The fourth-order valence-corrected chi connectivity index (χ4v) is 1.65. The molecule has 1 aromatic carbocycles. The first kappa shape index (κ1) is 14.2. The Balaban J connectivity index is 2.65. The van der Waals surface area contributed by atoms with Gasteiger partial charge < -0.3 is 4.74 Å². The number of benzene rings is 1. The molecule has 0 saturated heterocycles. The molecule has 0 radical (unpaired) electrons. The molecule has 0 aliphatic carbocycles. The maximum Gasteiger partial charge on any atom is 0.176 e. The van der Waals surface area contributed by atoms with E-state index < -0.39 is 0 Å². The number of rotatable bonds is 7. The number of carbonyl (C=O) groups is 1. The summed E-state index contributed by atoms with van der Waals surface area (Å²) in [6.07, 6.45) is 0.444. The number of hydrogen-bond donors (Lipinski definition) is 0. The summed E-state index contributed by atoms with van der Waals surface area (Å²) in [6.45, 7) is 3.71. The summed E-state index contributed by atoms with van der Waals surface area (Å²) in [7, 11) is 1.58. The van der Waals surface area contributed by atoms with Crippen LogP contribution in [0.25, 0.3) is 0 Å². The minimum atomic E-state index is 0.0497. The highest BCUT2D eigenvalue weighted by molar-refractivity contribution is 5.97. The maximum absolute atomic E-state index is 12.1. The van der Waals surface area contributed by atoms with Crippen LogP contribution in [0.4, 0.5) is 0 Å². The lowest BCUT2D eigenvalue weighted by Gasteiger charge is -2.17. The van der Waals surface area contributed by atoms with E-state index in [0.717, 1.165) is 6.54 Å². The average Bonchev–Trinajstić information content (AvgIpc) is 2.43. The Morgan fingerprint density at radius 1 is 1.50 bits per heavy atom. The molecule has 4 heteroatoms. The molecule has 0 aromatic heterocycles. The highest BCUT2D eigenvalue weighted by Crippen LogP contribution is 2.13. The molecule has 0 bridgehead atoms. The van der Waals surface area contributed by atoms with Gasteiger partial charge in [0, 0.05) is 18.5 Å². The molecule has 0 heterocycles. The first-order chi connectivity index (χ1) is 8.71. The maximum atomic E-state index is 12.1. The van der Waals surface area contributed by atoms with Crippen molar-refractivity contribution in [2.24, 2.45) is 0 Å². The molecule has 0 spiro atoms. The number of nitriles is 1. The van der Waals surface area contributed by atoms with Crippen LogP contribution in [0.5, 0.6) is 5.75 Å². The first-order valence-corrected chi connectivity index (χ1v) is 5.97. The Kier molecular flexibility index (Phi) is 5.89. The summed E-state index contributed by atoms with van der Waals surface area (Å²) in [6, 6.07) is 9.22. The molecule has 0 amide bonds. The van der Waals surface area contributed by atoms with Gasteiger partial charge in [0.2, 0.25) is 0 Å². The molecule has 1 rings (SSSR count). The number of Topliss-reactive ketones (excluding diaryl/α,β-unsaturated/α-hetero) is 1. The Morgan fingerprint density at radius 2 is 2.28 bits per heavy atom. The smallest absolute Gasteiger partial charge is 0.176 e. The number of ketones is 1. The van der Waals surface area contributed by atoms with E-state index in [9.17, 15) is 4.79 Å². The van der Waals surface area contributed by atoms with E-state index in [1.807, 2.05) is 17.9 Å². The first-order valence-electron chi connectivity index (χ1n) is 5.97. The van der Waals surface area contributed by atoms with Gasteiger partial charge in [0.05, 0.1) is 19.7 Å². The number of ether oxygens (including phenoxy) is 1. The second kappa shape index (κ2) is 7.46. The van der Waals surface area contributed by atoms with Crippen LogP contribution < -0.4 is 4.74 Å². The molecule has 0 atom stereocenters. The van der Waals surface area contributed by atoms with Crippen LogP contribution in [0.2, 0.25) is 0 Å². The highest BCUT2D eigenvalue weighted by atomic mass is 16.5. The molecule has 0 unspecified atom stereocenters. The molecular formula is C14H18N2O2. The summed E-state index contributed by atoms with van der Waals surface area (Å²) >= 11 is 0. The fourth-order valence-electron chi connectivity index (χ4n) is 1.65. The minimum absolute atomic E-state index is 0.0497. The van der Waals surface area contributed by atoms with Gasteiger partial charge >= 0.3 is 0 Å². The van der Waals surface area contributed by atoms with Crippen LogP contribution in [0, 0.1) is 11.3 Å². The zero-order valence-corrected chi connectivity index (χ0v) is 10.8. The molecule has 0 aliphatic rings. The van der Waals surface area contributed by atoms with Gasteiger partial charge in [-0.1, -0.05) is 19.1 Å². The number of nitrogens with zero attached hydrogens (tertiary/aromatic N) is 2. The third-order valence-corrected chi connectivity index (χ3v) is 2.75. The van der Waals surface area contributed by atoms with Gasteiger partial charge in [-0.25, -0.2) is 0 Å². The number of hydrogen-bond acceptors (Lipinski definition) is 4. The SMILES string of the molecule is CCN(CCC#N)CC(=O)c1cccc(OC)c1. The summed E-state index contributed by atoms with van der Waals surface area (Å²) in [4.78, 5) is 14.0. The van der Waals surface area contributed by atoms with E-state index in [1.54, 1.807) is 25.3 Å². The van der Waals surface area contributed by atoms with Crippen LogP contribution in [0.15, 0.2) is 24.3 Å². The monoisotopic (exact) mass is 246 g/mol. The second-order valence-electron chi connectivity index (χ2n) is 3.93. The number of carbonyl (C=O) groups excluding carboxylic acids is 1. The second-order valence-corrected chi connectivity index (χ2v) is 3.93. The Labute approximate surface area is 108 Å². The minimum Gasteiger partial charge on any atom is -0.497 e. The van der Waals surface area contributed by atoms with E-state index in [0.29, 0.717) is 30.8 Å². The normalized spacial score (nSPS) is 10.1. The summed E-state index contributed by atoms with van der Waals surface area (Å²) in [5.41, 5.74) is 0.643. The molecule has 0 saturated carbocycles. The average molecular weight is 246 g/mol. The van der Waals surface area contributed by atoms with Gasteiger partial charge in [-0.05, 0) is 18.7 Å². The Morgan fingerprint density at radius 3 is 2.89 bits per heavy atom. The van der Waals surface area contributed by atoms with Crippen molar-refractivity contribution in [3.05, 3.63) is 29.8 Å². The van der Waals surface area contributed by atoms with Crippen LogP contribution in [0.3, 0.4) is 0 Å². The van der Waals surface area contributed by atoms with E-state index in [-0.39, 0.29) is 5.78 Å². The van der Waals surface area contributed by atoms with E-state index in [1.165, 1.54) is 0 Å². The van der Waals surface area contributed by atoms with Crippen molar-refractivity contribution in [3.63, 3.8) is 0 Å². The third kappa shape index (κ3) is 4.19. The van der Waals surface area contributed by atoms with Gasteiger partial charge in [-0.15, -0.1) is 0 Å². The molecule has 0 N–H and O–H groups in total. The summed E-state index contributed by atoms with van der Waals surface area (Å²) in [5, 5.41) is 8.55. The highest BCUT2D eigenvalue weighted by Gasteiger charge is 2.11. The van der Waals surface area contributed by atoms with Gasteiger partial charge in [0.15, 0.2) is 5.78 Å². The summed E-state index contributed by atoms with van der Waals surface area (Å²) < 4.78 is 5.09. The molecular weight excluding hydrogens is 228 g/mol. The van der Waals surface area contributed by atoms with Crippen molar-refractivity contribution in [2.45, 2.75) is 13.3 Å². The third-order valence-electron chi connectivity index (χ3n) is 2.75. The topological polar surface area (TPSA) is 53.3 Å². The van der Waals surface area contributed by atoms with E-state index in [4.69, 9.17) is 10.00 Å². The van der Waals surface area contributed by atoms with E-state index >= 15 is 0 Å². The Hall–Kier alpha value is -1.86. The van der Waals surface area contributed by atoms with Gasteiger partial charge in [0.1, 0.15) is 5.75 Å². The quantitative estimate of drug-likeness (QED) is 0.691. The fraction of sp³-hybridized carbons (Fsp3) is 0.429. The van der Waals surface area contributed by atoms with Crippen LogP contribution in [-0.2, 0) is 0 Å². The zero-order chi connectivity index (χ0) is 13.4. The zero-order valence-electron chi connectivity index (χ0n) is 10.8. The molecule has 0 fully saturated rings. The molecule has 96 valence electrons. The van der Waals surface area contributed by atoms with Crippen molar-refractivity contribution in [2.75, 3.05) is 26.7 Å². The lowest BCUT2D eigenvalue weighted by atomic mass is 10.1. The van der Waals surface area contributed by atoms with Crippen molar-refractivity contribution in [3.8, 4) is 11.8 Å². The lowest BCUT2D eigenvalue weighted by molar-refractivity contribution is 0.0935. The van der Waals surface area contributed by atoms with Crippen molar-refractivity contribution < 1.29 is 9.53 Å². The molecule has 1 aromatic rings. The number of methoxy groups -OCH3 is 1. The van der Waals surface area contributed by atoms with Gasteiger partial charge in [-0.2, -0.15) is 5.26 Å². The molecule has 0 aliphatic heterocycles. The van der Waals surface area contributed by atoms with Crippen molar-refractivity contribution in [1.82, 2.24) is 4.90 Å². The standard InChI is InChI=1S/C14H18N2O2/c1-3-16(9-5-8-15)11-14(17)12-6-4-7-13(10-12)18-2/h4,6-7,10H,3,5,9,11H2,1-2H3. The predicted octanol–water partition coefficient (Wildman–Crippen LogP) is 2.11. The van der Waals surface area contributed by atoms with Gasteiger partial charge in [0.25, 0.3) is 0 Å².